The van der Waals surface area contributed by atoms with E-state index in [-0.39, 0.29) is 0 Å². The minimum Gasteiger partial charge on any atom is -0.375 e. The molecule has 4 heteroatoms. The molecule has 0 aromatic carbocycles. The summed E-state index contributed by atoms with van der Waals surface area (Å²) < 4.78 is 29.5. The molecule has 1 rings (SSSR count). The molecule has 66 valence electrons. The third-order valence-electron chi connectivity index (χ3n) is 1.66. The second-order valence-electron chi connectivity index (χ2n) is 3.02. The van der Waals surface area contributed by atoms with E-state index in [0.29, 0.717) is 12.5 Å². The molecule has 2 N–H and O–H groups in total. The first kappa shape index (κ1) is 8.87. The Labute approximate surface area is 64.7 Å². The number of ether oxygens (including phenoxy) is 1. The van der Waals surface area contributed by atoms with Crippen molar-refractivity contribution in [1.29, 1.82) is 0 Å². The molecule has 0 atom stereocenters. The highest BCUT2D eigenvalue weighted by Gasteiger charge is 2.29. The number of hydrogen-bond acceptors (Lipinski definition) is 2. The van der Waals surface area contributed by atoms with Crippen LogP contribution in [-0.2, 0) is 4.74 Å². The molecule has 0 amide bonds. The van der Waals surface area contributed by atoms with Crippen LogP contribution in [0.5, 0.6) is 0 Å². The summed E-state index contributed by atoms with van der Waals surface area (Å²) in [5.74, 6) is -2.31. The van der Waals surface area contributed by atoms with E-state index in [2.05, 4.69) is 0 Å². The van der Waals surface area contributed by atoms with Crippen molar-refractivity contribution in [3.8, 4) is 0 Å². The molecule has 2 nitrogen and oxygen atoms in total. The molecule has 1 aliphatic carbocycles. The quantitative estimate of drug-likeness (QED) is 0.659. The van der Waals surface area contributed by atoms with Crippen molar-refractivity contribution < 1.29 is 13.5 Å². The lowest BCUT2D eigenvalue weighted by molar-refractivity contribution is -0.0712. The van der Waals surface area contributed by atoms with Crippen LogP contribution in [-0.4, -0.2) is 25.7 Å². The van der Waals surface area contributed by atoms with Gasteiger partial charge in [0.05, 0.1) is 6.54 Å². The average Bonchev–Trinajstić information content (AvgIpc) is 2.71. The summed E-state index contributed by atoms with van der Waals surface area (Å²) in [6.45, 7) is -0.687. The third kappa shape index (κ3) is 3.62. The molecule has 0 spiro atoms. The molecule has 11 heavy (non-hydrogen) atoms. The molecule has 1 saturated carbocycles. The van der Waals surface area contributed by atoms with E-state index in [1.165, 1.54) is 0 Å². The standard InChI is InChI=1S/C7H13F2NO/c8-7(9,4-10)5-11-3-6-1-2-6/h6H,1-5,10H2. The van der Waals surface area contributed by atoms with Gasteiger partial charge in [0.1, 0.15) is 6.61 Å². The number of halogens is 2. The summed E-state index contributed by atoms with van der Waals surface area (Å²) in [5, 5.41) is 0. The van der Waals surface area contributed by atoms with Gasteiger partial charge in [-0.15, -0.1) is 0 Å². The first-order valence-corrected chi connectivity index (χ1v) is 3.80. The van der Waals surface area contributed by atoms with Crippen LogP contribution >= 0.6 is 0 Å². The highest BCUT2D eigenvalue weighted by molar-refractivity contribution is 4.73. The molecular formula is C7H13F2NO. The second kappa shape index (κ2) is 3.45. The lowest BCUT2D eigenvalue weighted by Crippen LogP contribution is -2.33. The SMILES string of the molecule is NCC(F)(F)COCC1CC1. The van der Waals surface area contributed by atoms with Gasteiger partial charge >= 0.3 is 0 Å². The largest absolute Gasteiger partial charge is 0.375 e. The van der Waals surface area contributed by atoms with Gasteiger partial charge in [-0.1, -0.05) is 0 Å². The summed E-state index contributed by atoms with van der Waals surface area (Å²) >= 11 is 0. The number of nitrogens with two attached hydrogens (primary N) is 1. The van der Waals surface area contributed by atoms with E-state index >= 15 is 0 Å². The van der Waals surface area contributed by atoms with Crippen molar-refractivity contribution in [3.63, 3.8) is 0 Å². The highest BCUT2D eigenvalue weighted by Crippen LogP contribution is 2.29. The Hall–Kier alpha value is -0.220. The summed E-state index contributed by atoms with van der Waals surface area (Å²) in [7, 11) is 0. The van der Waals surface area contributed by atoms with Gasteiger partial charge < -0.3 is 10.5 Å². The fourth-order valence-corrected chi connectivity index (χ4v) is 0.718. The van der Waals surface area contributed by atoms with Crippen LogP contribution in [0, 0.1) is 5.92 Å². The smallest absolute Gasteiger partial charge is 0.282 e. The van der Waals surface area contributed by atoms with E-state index in [1.54, 1.807) is 0 Å². The maximum Gasteiger partial charge on any atom is 0.282 e. The Bertz CT molecular complexity index is 126. The van der Waals surface area contributed by atoms with Gasteiger partial charge in [0.25, 0.3) is 5.92 Å². The lowest BCUT2D eigenvalue weighted by atomic mass is 10.3. The molecule has 0 saturated heterocycles. The second-order valence-corrected chi connectivity index (χ2v) is 3.02. The molecule has 0 aromatic heterocycles. The molecule has 1 fully saturated rings. The zero-order valence-corrected chi connectivity index (χ0v) is 6.35. The molecule has 0 aromatic rings. The van der Waals surface area contributed by atoms with Crippen LogP contribution in [0.1, 0.15) is 12.8 Å². The van der Waals surface area contributed by atoms with Gasteiger partial charge in [-0.05, 0) is 18.8 Å². The van der Waals surface area contributed by atoms with Crippen LogP contribution in [0.4, 0.5) is 8.78 Å². The van der Waals surface area contributed by atoms with Crippen LogP contribution in [0.25, 0.3) is 0 Å². The minimum absolute atomic E-state index is 0.468. The molecule has 0 unspecified atom stereocenters. The molecule has 1 aliphatic rings. The predicted octanol–water partition coefficient (Wildman–Crippen LogP) is 1.01. The van der Waals surface area contributed by atoms with Crippen molar-refractivity contribution >= 4 is 0 Å². The highest BCUT2D eigenvalue weighted by atomic mass is 19.3. The number of rotatable bonds is 5. The normalized spacial score (nSPS) is 18.8. The molecule has 0 radical (unpaired) electrons. The van der Waals surface area contributed by atoms with Crippen molar-refractivity contribution in [2.24, 2.45) is 11.7 Å². The Kier molecular flexibility index (Phi) is 2.78. The number of hydrogen-bond donors (Lipinski definition) is 1. The van der Waals surface area contributed by atoms with Crippen LogP contribution in [0.2, 0.25) is 0 Å². The summed E-state index contributed by atoms with van der Waals surface area (Å²) in [6.07, 6.45) is 2.24. The lowest BCUT2D eigenvalue weighted by Gasteiger charge is -2.13. The van der Waals surface area contributed by atoms with E-state index < -0.39 is 19.1 Å². The Morgan fingerprint density at radius 1 is 1.45 bits per heavy atom. The third-order valence-corrected chi connectivity index (χ3v) is 1.66. The van der Waals surface area contributed by atoms with Crippen LogP contribution < -0.4 is 5.73 Å². The first-order chi connectivity index (χ1) is 5.14. The van der Waals surface area contributed by atoms with Gasteiger partial charge in [0.2, 0.25) is 0 Å². The van der Waals surface area contributed by atoms with Gasteiger partial charge in [0, 0.05) is 6.61 Å². The summed E-state index contributed by atoms with van der Waals surface area (Å²) in [5.41, 5.74) is 4.81. The van der Waals surface area contributed by atoms with Gasteiger partial charge in [-0.25, -0.2) is 8.78 Å². The van der Waals surface area contributed by atoms with Gasteiger partial charge in [0.15, 0.2) is 0 Å². The monoisotopic (exact) mass is 165 g/mol. The van der Waals surface area contributed by atoms with E-state index in [1.807, 2.05) is 0 Å². The zero-order valence-electron chi connectivity index (χ0n) is 6.35. The molecule has 0 bridgehead atoms. The average molecular weight is 165 g/mol. The number of alkyl halides is 2. The Morgan fingerprint density at radius 2 is 2.09 bits per heavy atom. The van der Waals surface area contributed by atoms with Crippen molar-refractivity contribution in [2.75, 3.05) is 19.8 Å². The minimum atomic E-state index is -2.84. The molecule has 0 aliphatic heterocycles. The van der Waals surface area contributed by atoms with E-state index in [4.69, 9.17) is 10.5 Å². The Morgan fingerprint density at radius 3 is 2.55 bits per heavy atom. The summed E-state index contributed by atoms with van der Waals surface area (Å²) in [4.78, 5) is 0. The first-order valence-electron chi connectivity index (χ1n) is 3.80. The zero-order chi connectivity index (χ0) is 8.32. The van der Waals surface area contributed by atoms with Gasteiger partial charge in [-0.2, -0.15) is 0 Å². The summed E-state index contributed by atoms with van der Waals surface area (Å²) in [6, 6.07) is 0. The van der Waals surface area contributed by atoms with Crippen molar-refractivity contribution in [3.05, 3.63) is 0 Å². The van der Waals surface area contributed by atoms with Crippen LogP contribution in [0.15, 0.2) is 0 Å². The van der Waals surface area contributed by atoms with Crippen LogP contribution in [0.3, 0.4) is 0 Å². The molecular weight excluding hydrogens is 152 g/mol. The fourth-order valence-electron chi connectivity index (χ4n) is 0.718. The Balaban J connectivity index is 1.99. The van der Waals surface area contributed by atoms with E-state index in [0.717, 1.165) is 12.8 Å². The predicted molar refractivity (Wildman–Crippen MR) is 37.5 cm³/mol. The maximum absolute atomic E-state index is 12.4. The maximum atomic E-state index is 12.4. The van der Waals surface area contributed by atoms with Gasteiger partial charge in [-0.3, -0.25) is 0 Å². The topological polar surface area (TPSA) is 35.2 Å². The van der Waals surface area contributed by atoms with Crippen molar-refractivity contribution in [2.45, 2.75) is 18.8 Å². The molecule has 0 heterocycles. The van der Waals surface area contributed by atoms with Crippen molar-refractivity contribution in [1.82, 2.24) is 0 Å². The fraction of sp³-hybridized carbons (Fsp3) is 1.00. The van der Waals surface area contributed by atoms with E-state index in [9.17, 15) is 8.78 Å².